The molecule has 3 N–H and O–H groups in total. The van der Waals surface area contributed by atoms with Crippen molar-refractivity contribution >= 4 is 32.7 Å². The van der Waals surface area contributed by atoms with Gasteiger partial charge >= 0.3 is 0 Å². The minimum atomic E-state index is 0.257. The van der Waals surface area contributed by atoms with Crippen LogP contribution in [0.25, 0.3) is 11.0 Å². The van der Waals surface area contributed by atoms with Crippen LogP contribution in [0, 0.1) is 0 Å². The zero-order valence-electron chi connectivity index (χ0n) is 10.4. The van der Waals surface area contributed by atoms with Crippen LogP contribution in [-0.2, 0) is 0 Å². The maximum atomic E-state index is 5.90. The molecule has 2 aromatic heterocycles. The Bertz CT molecular complexity index is 529. The molecule has 2 aromatic rings. The monoisotopic (exact) mass is 308 g/mol. The first-order valence-electron chi connectivity index (χ1n) is 6.10. The predicted molar refractivity (Wildman–Crippen MR) is 78.6 cm³/mol. The van der Waals surface area contributed by atoms with E-state index in [1.54, 1.807) is 12.4 Å². The molecule has 18 heavy (non-hydrogen) atoms. The molecule has 0 aliphatic rings. The van der Waals surface area contributed by atoms with E-state index in [9.17, 15) is 0 Å². The highest BCUT2D eigenvalue weighted by molar-refractivity contribution is 9.10. The second kappa shape index (κ2) is 6.11. The molecule has 1 atom stereocenters. The van der Waals surface area contributed by atoms with Crippen molar-refractivity contribution in [2.24, 2.45) is 5.73 Å². The van der Waals surface area contributed by atoms with Crippen molar-refractivity contribution in [2.75, 3.05) is 11.9 Å². The van der Waals surface area contributed by atoms with Crippen molar-refractivity contribution in [2.45, 2.75) is 25.8 Å². The Labute approximate surface area is 115 Å². The molecule has 5 heteroatoms. The molecule has 0 fully saturated rings. The molecular formula is C13H17BrN4. The number of halogens is 1. The second-order valence-electron chi connectivity index (χ2n) is 4.26. The van der Waals surface area contributed by atoms with Gasteiger partial charge in [0.05, 0.1) is 11.2 Å². The van der Waals surface area contributed by atoms with E-state index in [-0.39, 0.29) is 6.04 Å². The van der Waals surface area contributed by atoms with E-state index in [1.807, 2.05) is 12.1 Å². The second-order valence-corrected chi connectivity index (χ2v) is 5.18. The van der Waals surface area contributed by atoms with E-state index >= 15 is 0 Å². The molecule has 0 bridgehead atoms. The van der Waals surface area contributed by atoms with Crippen molar-refractivity contribution < 1.29 is 0 Å². The fraction of sp³-hybridized carbons (Fsp3) is 0.385. The maximum absolute atomic E-state index is 5.90. The Kier molecular flexibility index (Phi) is 4.49. The van der Waals surface area contributed by atoms with Gasteiger partial charge in [-0.3, -0.25) is 9.97 Å². The van der Waals surface area contributed by atoms with Gasteiger partial charge in [0.15, 0.2) is 0 Å². The highest BCUT2D eigenvalue weighted by atomic mass is 79.9. The maximum Gasteiger partial charge on any atom is 0.112 e. The molecule has 0 aliphatic carbocycles. The van der Waals surface area contributed by atoms with Gasteiger partial charge in [0.2, 0.25) is 0 Å². The molecule has 0 spiro atoms. The Balaban J connectivity index is 2.13. The number of anilines is 1. The van der Waals surface area contributed by atoms with Crippen molar-refractivity contribution in [3.8, 4) is 0 Å². The lowest BCUT2D eigenvalue weighted by Crippen LogP contribution is -2.22. The summed E-state index contributed by atoms with van der Waals surface area (Å²) in [5, 5.41) is 3.37. The molecule has 96 valence electrons. The predicted octanol–water partition coefficient (Wildman–Crippen LogP) is 2.93. The number of nitrogens with two attached hydrogens (primary N) is 1. The molecule has 0 saturated carbocycles. The smallest absolute Gasteiger partial charge is 0.112 e. The van der Waals surface area contributed by atoms with Crippen LogP contribution >= 0.6 is 15.9 Å². The third kappa shape index (κ3) is 3.17. The molecule has 2 heterocycles. The third-order valence-electron chi connectivity index (χ3n) is 2.90. The summed E-state index contributed by atoms with van der Waals surface area (Å²) >= 11 is 3.40. The molecule has 0 amide bonds. The summed E-state index contributed by atoms with van der Waals surface area (Å²) < 4.78 is 0.938. The van der Waals surface area contributed by atoms with Gasteiger partial charge in [-0.1, -0.05) is 6.92 Å². The van der Waals surface area contributed by atoms with E-state index in [1.165, 1.54) is 0 Å². The molecule has 0 aliphatic heterocycles. The van der Waals surface area contributed by atoms with Crippen LogP contribution in [0.2, 0.25) is 0 Å². The van der Waals surface area contributed by atoms with Gasteiger partial charge in [0.1, 0.15) is 5.52 Å². The number of pyridine rings is 2. The van der Waals surface area contributed by atoms with E-state index in [4.69, 9.17) is 5.73 Å². The normalized spacial score (nSPS) is 12.6. The fourth-order valence-corrected chi connectivity index (χ4v) is 2.06. The van der Waals surface area contributed by atoms with Gasteiger partial charge in [-0.2, -0.15) is 0 Å². The SMILES string of the molecule is CCC(N)CCNc1ccnc2cc(Br)cnc12. The highest BCUT2D eigenvalue weighted by Gasteiger charge is 2.04. The number of hydrogen-bond donors (Lipinski definition) is 2. The third-order valence-corrected chi connectivity index (χ3v) is 3.33. The van der Waals surface area contributed by atoms with Gasteiger partial charge in [-0.15, -0.1) is 0 Å². The van der Waals surface area contributed by atoms with Crippen molar-refractivity contribution in [3.63, 3.8) is 0 Å². The van der Waals surface area contributed by atoms with Crippen LogP contribution in [0.3, 0.4) is 0 Å². The average molecular weight is 309 g/mol. The number of nitrogens with zero attached hydrogens (tertiary/aromatic N) is 2. The Morgan fingerprint density at radius 2 is 2.28 bits per heavy atom. The lowest BCUT2D eigenvalue weighted by Gasteiger charge is -2.11. The van der Waals surface area contributed by atoms with E-state index < -0.39 is 0 Å². The van der Waals surface area contributed by atoms with Gasteiger partial charge in [-0.25, -0.2) is 0 Å². The summed E-state index contributed by atoms with van der Waals surface area (Å²) in [7, 11) is 0. The summed E-state index contributed by atoms with van der Waals surface area (Å²) in [4.78, 5) is 8.70. The van der Waals surface area contributed by atoms with Gasteiger partial charge in [-0.05, 0) is 40.9 Å². The van der Waals surface area contributed by atoms with Crippen molar-refractivity contribution in [3.05, 3.63) is 29.0 Å². The Morgan fingerprint density at radius 3 is 3.06 bits per heavy atom. The van der Waals surface area contributed by atoms with E-state index in [0.29, 0.717) is 0 Å². The van der Waals surface area contributed by atoms with E-state index in [2.05, 4.69) is 38.1 Å². The number of hydrogen-bond acceptors (Lipinski definition) is 4. The number of fused-ring (bicyclic) bond motifs is 1. The summed E-state index contributed by atoms with van der Waals surface area (Å²) in [5.74, 6) is 0. The first-order chi connectivity index (χ1) is 8.70. The zero-order chi connectivity index (χ0) is 13.0. The summed E-state index contributed by atoms with van der Waals surface area (Å²) in [5.41, 5.74) is 8.68. The van der Waals surface area contributed by atoms with Gasteiger partial charge in [0, 0.05) is 29.5 Å². The van der Waals surface area contributed by atoms with Crippen LogP contribution in [0.5, 0.6) is 0 Å². The minimum absolute atomic E-state index is 0.257. The van der Waals surface area contributed by atoms with Gasteiger partial charge < -0.3 is 11.1 Å². The standard InChI is InChI=1S/C13H17BrN4/c1-2-10(15)3-5-16-11-4-6-17-12-7-9(14)8-18-13(11)12/h4,6-8,10H,2-3,5,15H2,1H3,(H,16,17). The lowest BCUT2D eigenvalue weighted by molar-refractivity contribution is 0.613. The topological polar surface area (TPSA) is 63.8 Å². The van der Waals surface area contributed by atoms with Crippen molar-refractivity contribution in [1.82, 2.24) is 9.97 Å². The van der Waals surface area contributed by atoms with Gasteiger partial charge in [0.25, 0.3) is 0 Å². The number of aromatic nitrogens is 2. The van der Waals surface area contributed by atoms with Crippen LogP contribution in [0.15, 0.2) is 29.0 Å². The largest absolute Gasteiger partial charge is 0.383 e. The lowest BCUT2D eigenvalue weighted by atomic mass is 10.1. The Hall–Kier alpha value is -1.20. The summed E-state index contributed by atoms with van der Waals surface area (Å²) in [6.07, 6.45) is 5.53. The highest BCUT2D eigenvalue weighted by Crippen LogP contribution is 2.21. The minimum Gasteiger partial charge on any atom is -0.383 e. The molecule has 0 saturated heterocycles. The van der Waals surface area contributed by atoms with E-state index in [0.717, 1.165) is 40.6 Å². The molecule has 0 aromatic carbocycles. The molecule has 4 nitrogen and oxygen atoms in total. The van der Waals surface area contributed by atoms with Crippen LogP contribution in [0.1, 0.15) is 19.8 Å². The number of rotatable bonds is 5. The summed E-state index contributed by atoms with van der Waals surface area (Å²) in [6, 6.07) is 4.17. The van der Waals surface area contributed by atoms with Crippen LogP contribution in [-0.4, -0.2) is 22.6 Å². The van der Waals surface area contributed by atoms with Crippen LogP contribution in [0.4, 0.5) is 5.69 Å². The Morgan fingerprint density at radius 1 is 1.44 bits per heavy atom. The molecular weight excluding hydrogens is 292 g/mol. The van der Waals surface area contributed by atoms with Crippen LogP contribution < -0.4 is 11.1 Å². The molecule has 1 unspecified atom stereocenters. The molecule has 0 radical (unpaired) electrons. The fourth-order valence-electron chi connectivity index (χ4n) is 1.74. The number of nitrogens with one attached hydrogen (secondary N) is 1. The average Bonchev–Trinajstić information content (AvgIpc) is 2.38. The van der Waals surface area contributed by atoms with Crippen molar-refractivity contribution in [1.29, 1.82) is 0 Å². The quantitative estimate of drug-likeness (QED) is 0.891. The first kappa shape index (κ1) is 13.2. The zero-order valence-corrected chi connectivity index (χ0v) is 11.9. The summed E-state index contributed by atoms with van der Waals surface area (Å²) in [6.45, 7) is 2.96. The molecule has 2 rings (SSSR count). The first-order valence-corrected chi connectivity index (χ1v) is 6.89.